The molecule has 1 aliphatic rings. The van der Waals surface area contributed by atoms with Gasteiger partial charge in [-0.25, -0.2) is 4.79 Å². The highest BCUT2D eigenvalue weighted by Crippen LogP contribution is 2.20. The van der Waals surface area contributed by atoms with Crippen LogP contribution in [0.3, 0.4) is 0 Å². The Bertz CT molecular complexity index is 730. The summed E-state index contributed by atoms with van der Waals surface area (Å²) in [6, 6.07) is 16.3. The summed E-state index contributed by atoms with van der Waals surface area (Å²) in [6.07, 6.45) is 2.08. The smallest absolute Gasteiger partial charge is 0.319 e. The van der Waals surface area contributed by atoms with Crippen LogP contribution in [-0.2, 0) is 0 Å². The van der Waals surface area contributed by atoms with E-state index in [-0.39, 0.29) is 11.9 Å². The molecule has 0 aromatic heterocycles. The van der Waals surface area contributed by atoms with E-state index in [1.165, 1.54) is 0 Å². The normalized spacial score (nSPS) is 13.0. The van der Waals surface area contributed by atoms with E-state index < -0.39 is 0 Å². The molecule has 3 N–H and O–H groups in total. The zero-order valence-corrected chi connectivity index (χ0v) is 13.8. The number of hydrogen-bond donors (Lipinski definition) is 3. The topological polar surface area (TPSA) is 79.5 Å². The summed E-state index contributed by atoms with van der Waals surface area (Å²) < 4.78 is 5.50. The Kier molecular flexibility index (Phi) is 5.51. The Morgan fingerprint density at radius 1 is 1.04 bits per heavy atom. The standard InChI is InChI=1S/C19H21N3O3/c23-18(21-15-9-10-15)14-5-4-6-16(13-14)22-19(24)20-11-12-25-17-7-2-1-3-8-17/h1-8,13,15H,9-12H2,(H,21,23)(H2,20,22,24). The van der Waals surface area contributed by atoms with Gasteiger partial charge in [-0.1, -0.05) is 24.3 Å². The Balaban J connectivity index is 1.42. The Morgan fingerprint density at radius 2 is 1.84 bits per heavy atom. The number of benzene rings is 2. The van der Waals surface area contributed by atoms with Gasteiger partial charge >= 0.3 is 6.03 Å². The molecule has 25 heavy (non-hydrogen) atoms. The minimum absolute atomic E-state index is 0.109. The molecule has 3 amide bonds. The van der Waals surface area contributed by atoms with Crippen LogP contribution in [0.25, 0.3) is 0 Å². The molecule has 0 saturated heterocycles. The minimum Gasteiger partial charge on any atom is -0.492 e. The van der Waals surface area contributed by atoms with Crippen molar-refractivity contribution in [3.63, 3.8) is 0 Å². The molecule has 1 saturated carbocycles. The number of amides is 3. The molecule has 6 heteroatoms. The van der Waals surface area contributed by atoms with Crippen molar-refractivity contribution in [2.45, 2.75) is 18.9 Å². The maximum absolute atomic E-state index is 12.0. The molecule has 2 aromatic carbocycles. The van der Waals surface area contributed by atoms with Crippen LogP contribution in [0, 0.1) is 0 Å². The highest BCUT2D eigenvalue weighted by atomic mass is 16.5. The number of anilines is 1. The van der Waals surface area contributed by atoms with Crippen LogP contribution >= 0.6 is 0 Å². The van der Waals surface area contributed by atoms with E-state index in [1.807, 2.05) is 30.3 Å². The SMILES string of the molecule is O=C(NCCOc1ccccc1)Nc1cccc(C(=O)NC2CC2)c1. The number of hydrogen-bond acceptors (Lipinski definition) is 3. The molecule has 0 spiro atoms. The molecule has 1 fully saturated rings. The van der Waals surface area contributed by atoms with Crippen molar-refractivity contribution in [2.24, 2.45) is 0 Å². The first-order chi connectivity index (χ1) is 12.2. The van der Waals surface area contributed by atoms with Gasteiger partial charge in [0.15, 0.2) is 0 Å². The monoisotopic (exact) mass is 339 g/mol. The van der Waals surface area contributed by atoms with Crippen LogP contribution in [0.1, 0.15) is 23.2 Å². The maximum atomic E-state index is 12.0. The molecule has 0 atom stereocenters. The summed E-state index contributed by atoms with van der Waals surface area (Å²) in [7, 11) is 0. The van der Waals surface area contributed by atoms with Gasteiger partial charge in [0.25, 0.3) is 5.91 Å². The summed E-state index contributed by atoms with van der Waals surface area (Å²) in [5.41, 5.74) is 1.11. The minimum atomic E-state index is -0.337. The molecule has 0 aliphatic heterocycles. The molecule has 6 nitrogen and oxygen atoms in total. The predicted molar refractivity (Wildman–Crippen MR) is 95.9 cm³/mol. The van der Waals surface area contributed by atoms with Crippen molar-refractivity contribution in [3.8, 4) is 5.75 Å². The van der Waals surface area contributed by atoms with E-state index >= 15 is 0 Å². The third-order valence-corrected chi connectivity index (χ3v) is 3.69. The van der Waals surface area contributed by atoms with Crippen LogP contribution in [-0.4, -0.2) is 31.1 Å². The lowest BCUT2D eigenvalue weighted by Crippen LogP contribution is -2.32. The third kappa shape index (κ3) is 5.53. The van der Waals surface area contributed by atoms with Crippen LogP contribution in [0.4, 0.5) is 10.5 Å². The van der Waals surface area contributed by atoms with Crippen LogP contribution < -0.4 is 20.7 Å². The van der Waals surface area contributed by atoms with Crippen LogP contribution in [0.2, 0.25) is 0 Å². The Labute approximate surface area is 146 Å². The van der Waals surface area contributed by atoms with E-state index in [0.29, 0.717) is 30.4 Å². The number of rotatable bonds is 7. The molecule has 0 heterocycles. The second-order valence-corrected chi connectivity index (χ2v) is 5.87. The van der Waals surface area contributed by atoms with E-state index in [2.05, 4.69) is 16.0 Å². The van der Waals surface area contributed by atoms with E-state index in [9.17, 15) is 9.59 Å². The number of nitrogens with one attached hydrogen (secondary N) is 3. The van der Waals surface area contributed by atoms with Crippen molar-refractivity contribution < 1.29 is 14.3 Å². The van der Waals surface area contributed by atoms with Gasteiger partial charge < -0.3 is 20.7 Å². The van der Waals surface area contributed by atoms with Crippen molar-refractivity contribution in [3.05, 3.63) is 60.2 Å². The zero-order chi connectivity index (χ0) is 17.5. The third-order valence-electron chi connectivity index (χ3n) is 3.69. The summed E-state index contributed by atoms with van der Waals surface area (Å²) in [4.78, 5) is 23.9. The highest BCUT2D eigenvalue weighted by Gasteiger charge is 2.23. The molecule has 0 bridgehead atoms. The predicted octanol–water partition coefficient (Wildman–Crippen LogP) is 2.78. The fraction of sp³-hybridized carbons (Fsp3) is 0.263. The lowest BCUT2D eigenvalue weighted by Gasteiger charge is -2.10. The second-order valence-electron chi connectivity index (χ2n) is 5.87. The highest BCUT2D eigenvalue weighted by molar-refractivity contribution is 5.97. The van der Waals surface area contributed by atoms with E-state index in [4.69, 9.17) is 4.74 Å². The number of carbonyl (C=O) groups excluding carboxylic acids is 2. The van der Waals surface area contributed by atoms with Gasteiger partial charge in [0, 0.05) is 17.3 Å². The lowest BCUT2D eigenvalue weighted by atomic mass is 10.2. The van der Waals surface area contributed by atoms with Gasteiger partial charge in [-0.2, -0.15) is 0 Å². The largest absolute Gasteiger partial charge is 0.492 e. The van der Waals surface area contributed by atoms with Gasteiger partial charge in [0.05, 0.1) is 6.54 Å². The first kappa shape index (κ1) is 16.8. The van der Waals surface area contributed by atoms with E-state index in [1.54, 1.807) is 24.3 Å². The molecule has 3 rings (SSSR count). The zero-order valence-electron chi connectivity index (χ0n) is 13.8. The molecular weight excluding hydrogens is 318 g/mol. The van der Waals surface area contributed by atoms with Gasteiger partial charge in [0.2, 0.25) is 0 Å². The summed E-state index contributed by atoms with van der Waals surface area (Å²) in [6.45, 7) is 0.754. The second kappa shape index (κ2) is 8.19. The van der Waals surface area contributed by atoms with E-state index in [0.717, 1.165) is 18.6 Å². The first-order valence-corrected chi connectivity index (χ1v) is 8.34. The summed E-state index contributed by atoms with van der Waals surface area (Å²) >= 11 is 0. The van der Waals surface area contributed by atoms with Crippen molar-refractivity contribution in [1.29, 1.82) is 0 Å². The molecular formula is C19H21N3O3. The van der Waals surface area contributed by atoms with Gasteiger partial charge in [-0.15, -0.1) is 0 Å². The number of carbonyl (C=O) groups is 2. The van der Waals surface area contributed by atoms with Crippen LogP contribution in [0.5, 0.6) is 5.75 Å². The quantitative estimate of drug-likeness (QED) is 0.679. The Hall–Kier alpha value is -3.02. The molecule has 0 unspecified atom stereocenters. The summed E-state index contributed by atoms with van der Waals surface area (Å²) in [5.74, 6) is 0.655. The van der Waals surface area contributed by atoms with Crippen LogP contribution in [0.15, 0.2) is 54.6 Å². The Morgan fingerprint density at radius 3 is 2.60 bits per heavy atom. The average molecular weight is 339 g/mol. The summed E-state index contributed by atoms with van der Waals surface area (Å²) in [5, 5.41) is 8.36. The molecule has 2 aromatic rings. The van der Waals surface area contributed by atoms with Gasteiger partial charge in [-0.05, 0) is 43.2 Å². The molecule has 1 aliphatic carbocycles. The van der Waals surface area contributed by atoms with Crippen molar-refractivity contribution in [2.75, 3.05) is 18.5 Å². The number of ether oxygens (including phenoxy) is 1. The lowest BCUT2D eigenvalue weighted by molar-refractivity contribution is 0.0951. The van der Waals surface area contributed by atoms with Gasteiger partial charge in [0.1, 0.15) is 12.4 Å². The maximum Gasteiger partial charge on any atom is 0.319 e. The van der Waals surface area contributed by atoms with Crippen molar-refractivity contribution in [1.82, 2.24) is 10.6 Å². The fourth-order valence-corrected chi connectivity index (χ4v) is 2.26. The molecule has 0 radical (unpaired) electrons. The molecule has 130 valence electrons. The van der Waals surface area contributed by atoms with Gasteiger partial charge in [-0.3, -0.25) is 4.79 Å². The number of para-hydroxylation sites is 1. The van der Waals surface area contributed by atoms with Crippen molar-refractivity contribution >= 4 is 17.6 Å². The fourth-order valence-electron chi connectivity index (χ4n) is 2.26. The number of urea groups is 1. The average Bonchev–Trinajstić information content (AvgIpc) is 3.44. The first-order valence-electron chi connectivity index (χ1n) is 8.34.